The second-order valence-electron chi connectivity index (χ2n) is 3.79. The summed E-state index contributed by atoms with van der Waals surface area (Å²) in [5.74, 6) is 0. The summed E-state index contributed by atoms with van der Waals surface area (Å²) in [4.78, 5) is 2.74. The maximum atomic E-state index is 8.64. The third-order valence-corrected chi connectivity index (χ3v) is 3.56. The van der Waals surface area contributed by atoms with Gasteiger partial charge in [-0.2, -0.15) is 5.26 Å². The van der Waals surface area contributed by atoms with Gasteiger partial charge in [0.15, 0.2) is 0 Å². The van der Waals surface area contributed by atoms with E-state index in [1.54, 1.807) is 0 Å². The van der Waals surface area contributed by atoms with Crippen molar-refractivity contribution in [3.63, 3.8) is 0 Å². The van der Waals surface area contributed by atoms with E-state index in [-0.39, 0.29) is 0 Å². The van der Waals surface area contributed by atoms with E-state index in [0.29, 0.717) is 12.5 Å². The molecular formula is C12H18N2S. The number of aryl methyl sites for hydroxylation is 2. The van der Waals surface area contributed by atoms with Gasteiger partial charge in [0.1, 0.15) is 0 Å². The smallest absolute Gasteiger partial charge is 0.0638 e. The number of nitrogens with zero attached hydrogens (tertiary/aromatic N) is 1. The van der Waals surface area contributed by atoms with Gasteiger partial charge in [0, 0.05) is 22.3 Å². The van der Waals surface area contributed by atoms with E-state index in [2.05, 4.69) is 38.2 Å². The topological polar surface area (TPSA) is 35.8 Å². The first-order chi connectivity index (χ1) is 7.17. The molecule has 2 nitrogen and oxygen atoms in total. The van der Waals surface area contributed by atoms with Gasteiger partial charge in [-0.05, 0) is 31.9 Å². The lowest BCUT2D eigenvalue weighted by molar-refractivity contribution is 0.505. The number of rotatable bonds is 5. The summed E-state index contributed by atoms with van der Waals surface area (Å²) >= 11 is 1.84. The van der Waals surface area contributed by atoms with E-state index in [0.717, 1.165) is 13.0 Å². The summed E-state index contributed by atoms with van der Waals surface area (Å²) < 4.78 is 0. The van der Waals surface area contributed by atoms with E-state index >= 15 is 0 Å². The van der Waals surface area contributed by atoms with Crippen LogP contribution in [0.15, 0.2) is 6.07 Å². The molecule has 0 amide bonds. The molecule has 0 aliphatic carbocycles. The van der Waals surface area contributed by atoms with Crippen LogP contribution in [0.5, 0.6) is 0 Å². The number of thiophene rings is 1. The molecule has 1 unspecified atom stereocenters. The first-order valence-corrected chi connectivity index (χ1v) is 6.15. The lowest BCUT2D eigenvalue weighted by Crippen LogP contribution is -2.27. The predicted octanol–water partition coefficient (Wildman–Crippen LogP) is 3.15. The van der Waals surface area contributed by atoms with Gasteiger partial charge in [-0.15, -0.1) is 11.3 Å². The zero-order valence-corrected chi connectivity index (χ0v) is 10.4. The van der Waals surface area contributed by atoms with Gasteiger partial charge in [0.2, 0.25) is 0 Å². The van der Waals surface area contributed by atoms with E-state index in [1.807, 2.05) is 11.3 Å². The Labute approximate surface area is 95.9 Å². The highest BCUT2D eigenvalue weighted by molar-refractivity contribution is 7.12. The average molecular weight is 222 g/mol. The van der Waals surface area contributed by atoms with Gasteiger partial charge in [0.25, 0.3) is 0 Å². The highest BCUT2D eigenvalue weighted by atomic mass is 32.1. The molecule has 1 aromatic heterocycles. The number of hydrogen-bond donors (Lipinski definition) is 1. The summed E-state index contributed by atoms with van der Waals surface area (Å²) in [7, 11) is 0. The predicted molar refractivity (Wildman–Crippen MR) is 64.9 cm³/mol. The molecule has 1 N–H and O–H groups in total. The standard InChI is InChI=1S/C12H18N2S/c1-4-12(5-6-13)14-8-11-7-9(2)15-10(11)3/h7,12,14H,4-5,8H2,1-3H3. The fourth-order valence-corrected chi connectivity index (χ4v) is 2.53. The maximum Gasteiger partial charge on any atom is 0.0638 e. The average Bonchev–Trinajstić information content (AvgIpc) is 2.52. The summed E-state index contributed by atoms with van der Waals surface area (Å²) in [5.41, 5.74) is 1.37. The van der Waals surface area contributed by atoms with Crippen LogP contribution in [0.4, 0.5) is 0 Å². The molecule has 0 fully saturated rings. The zero-order valence-electron chi connectivity index (χ0n) is 9.63. The monoisotopic (exact) mass is 222 g/mol. The van der Waals surface area contributed by atoms with Crippen LogP contribution in [0, 0.1) is 25.2 Å². The van der Waals surface area contributed by atoms with Gasteiger partial charge in [0.05, 0.1) is 12.5 Å². The molecule has 0 aromatic carbocycles. The van der Waals surface area contributed by atoms with Crippen molar-refractivity contribution in [3.8, 4) is 6.07 Å². The fourth-order valence-electron chi connectivity index (χ4n) is 1.58. The van der Waals surface area contributed by atoms with Gasteiger partial charge in [-0.1, -0.05) is 6.92 Å². The van der Waals surface area contributed by atoms with Crippen molar-refractivity contribution in [2.45, 2.75) is 46.2 Å². The van der Waals surface area contributed by atoms with Crippen molar-refractivity contribution in [2.75, 3.05) is 0 Å². The molecule has 15 heavy (non-hydrogen) atoms. The molecule has 1 heterocycles. The van der Waals surface area contributed by atoms with E-state index in [9.17, 15) is 0 Å². The second kappa shape index (κ2) is 5.89. The Morgan fingerprint density at radius 1 is 1.53 bits per heavy atom. The highest BCUT2D eigenvalue weighted by Crippen LogP contribution is 2.20. The molecule has 82 valence electrons. The quantitative estimate of drug-likeness (QED) is 0.830. The molecule has 0 aliphatic rings. The van der Waals surface area contributed by atoms with Crippen LogP contribution in [-0.4, -0.2) is 6.04 Å². The van der Waals surface area contributed by atoms with Crippen molar-refractivity contribution in [1.29, 1.82) is 5.26 Å². The molecular weight excluding hydrogens is 204 g/mol. The third-order valence-electron chi connectivity index (χ3n) is 2.56. The Bertz CT molecular complexity index is 349. The second-order valence-corrected chi connectivity index (χ2v) is 5.25. The molecule has 0 saturated heterocycles. The van der Waals surface area contributed by atoms with E-state index in [1.165, 1.54) is 15.3 Å². The normalized spacial score (nSPS) is 12.4. The SMILES string of the molecule is CCC(CC#N)NCc1cc(C)sc1C. The minimum Gasteiger partial charge on any atom is -0.309 e. The summed E-state index contributed by atoms with van der Waals surface area (Å²) in [5, 5.41) is 12.1. The van der Waals surface area contributed by atoms with Gasteiger partial charge < -0.3 is 5.32 Å². The number of hydrogen-bond acceptors (Lipinski definition) is 3. The largest absolute Gasteiger partial charge is 0.309 e. The lowest BCUT2D eigenvalue weighted by Gasteiger charge is -2.12. The van der Waals surface area contributed by atoms with Crippen molar-refractivity contribution in [1.82, 2.24) is 5.32 Å². The van der Waals surface area contributed by atoms with Crippen molar-refractivity contribution in [2.24, 2.45) is 0 Å². The summed E-state index contributed by atoms with van der Waals surface area (Å²) in [6.07, 6.45) is 1.61. The Kier molecular flexibility index (Phi) is 4.80. The first-order valence-electron chi connectivity index (χ1n) is 5.33. The van der Waals surface area contributed by atoms with Gasteiger partial charge in [-0.25, -0.2) is 0 Å². The highest BCUT2D eigenvalue weighted by Gasteiger charge is 2.07. The van der Waals surface area contributed by atoms with Crippen LogP contribution in [0.3, 0.4) is 0 Å². The molecule has 1 rings (SSSR count). The fraction of sp³-hybridized carbons (Fsp3) is 0.583. The molecule has 3 heteroatoms. The van der Waals surface area contributed by atoms with Crippen LogP contribution in [-0.2, 0) is 6.54 Å². The Morgan fingerprint density at radius 2 is 2.27 bits per heavy atom. The van der Waals surface area contributed by atoms with E-state index in [4.69, 9.17) is 5.26 Å². The molecule has 0 bridgehead atoms. The summed E-state index contributed by atoms with van der Waals surface area (Å²) in [6, 6.07) is 4.77. The zero-order chi connectivity index (χ0) is 11.3. The van der Waals surface area contributed by atoms with Crippen LogP contribution in [0.1, 0.15) is 35.1 Å². The Balaban J connectivity index is 2.49. The summed E-state index contributed by atoms with van der Waals surface area (Å²) in [6.45, 7) is 7.28. The van der Waals surface area contributed by atoms with Crippen LogP contribution in [0.2, 0.25) is 0 Å². The van der Waals surface area contributed by atoms with Gasteiger partial charge >= 0.3 is 0 Å². The number of nitrogens with one attached hydrogen (secondary N) is 1. The Hall–Kier alpha value is -0.850. The van der Waals surface area contributed by atoms with E-state index < -0.39 is 0 Å². The molecule has 1 atom stereocenters. The molecule has 0 saturated carbocycles. The molecule has 1 aromatic rings. The lowest BCUT2D eigenvalue weighted by atomic mass is 10.1. The first kappa shape index (κ1) is 12.2. The van der Waals surface area contributed by atoms with Crippen molar-refractivity contribution >= 4 is 11.3 Å². The van der Waals surface area contributed by atoms with Crippen molar-refractivity contribution in [3.05, 3.63) is 21.4 Å². The van der Waals surface area contributed by atoms with Crippen LogP contribution in [0.25, 0.3) is 0 Å². The maximum absolute atomic E-state index is 8.64. The third kappa shape index (κ3) is 3.65. The minimum atomic E-state index is 0.328. The molecule has 0 spiro atoms. The number of nitriles is 1. The van der Waals surface area contributed by atoms with Crippen molar-refractivity contribution < 1.29 is 0 Å². The molecule has 0 aliphatic heterocycles. The molecule has 0 radical (unpaired) electrons. The minimum absolute atomic E-state index is 0.328. The van der Waals surface area contributed by atoms with Crippen LogP contribution < -0.4 is 5.32 Å². The van der Waals surface area contributed by atoms with Crippen LogP contribution >= 0.6 is 11.3 Å². The Morgan fingerprint density at radius 3 is 2.73 bits per heavy atom. The van der Waals surface area contributed by atoms with Gasteiger partial charge in [-0.3, -0.25) is 0 Å².